The van der Waals surface area contributed by atoms with Crippen LogP contribution in [0, 0.1) is 13.8 Å². The number of nitrogens with two attached hydrogens (primary N) is 1. The molecule has 2 aromatic heterocycles. The maximum absolute atomic E-state index is 11.6. The number of fused-ring (bicyclic) bond motifs is 1. The van der Waals surface area contributed by atoms with Crippen LogP contribution in [0.5, 0.6) is 0 Å². The lowest BCUT2D eigenvalue weighted by molar-refractivity contribution is 0.0930. The molecule has 0 spiro atoms. The predicted octanol–water partition coefficient (Wildman–Crippen LogP) is 0.601. The van der Waals surface area contributed by atoms with Crippen LogP contribution in [0.3, 0.4) is 0 Å². The van der Waals surface area contributed by atoms with Gasteiger partial charge in [-0.2, -0.15) is 0 Å². The van der Waals surface area contributed by atoms with Gasteiger partial charge in [0.2, 0.25) is 5.91 Å². The molecule has 2 heterocycles. The van der Waals surface area contributed by atoms with Crippen molar-refractivity contribution in [2.24, 2.45) is 5.73 Å². The first-order valence-electron chi connectivity index (χ1n) is 6.52. The minimum absolute atomic E-state index is 0.0178. The Morgan fingerprint density at radius 2 is 2.15 bits per heavy atom. The number of rotatable bonds is 6. The summed E-state index contributed by atoms with van der Waals surface area (Å²) in [5.41, 5.74) is 9.41. The lowest BCUT2D eigenvalue weighted by Crippen LogP contribution is -2.18. The molecule has 2 aromatic rings. The minimum Gasteiger partial charge on any atom is -0.394 e. The molecular weight excluding hydrogens is 258 g/mol. The van der Waals surface area contributed by atoms with Gasteiger partial charge in [-0.1, -0.05) is 0 Å². The van der Waals surface area contributed by atoms with Crippen molar-refractivity contribution in [2.75, 3.05) is 19.8 Å². The van der Waals surface area contributed by atoms with E-state index in [4.69, 9.17) is 15.6 Å². The number of aliphatic hydroxyl groups is 1. The second-order valence-electron chi connectivity index (χ2n) is 4.62. The summed E-state index contributed by atoms with van der Waals surface area (Å²) in [6.45, 7) is 4.56. The summed E-state index contributed by atoms with van der Waals surface area (Å²) in [5.74, 6) is -0.463. The summed E-state index contributed by atoms with van der Waals surface area (Å²) in [6, 6.07) is 3.49. The Hall–Kier alpha value is -1.92. The van der Waals surface area contributed by atoms with Crippen LogP contribution in [0.4, 0.5) is 0 Å². The molecule has 6 heteroatoms. The molecule has 0 bridgehead atoms. The van der Waals surface area contributed by atoms with Crippen molar-refractivity contribution in [3.63, 3.8) is 0 Å². The highest BCUT2D eigenvalue weighted by atomic mass is 16.5. The van der Waals surface area contributed by atoms with Crippen LogP contribution >= 0.6 is 0 Å². The fourth-order valence-corrected chi connectivity index (χ4v) is 2.27. The summed E-state index contributed by atoms with van der Waals surface area (Å²) in [5, 5.41) is 8.71. The van der Waals surface area contributed by atoms with Crippen LogP contribution in [-0.4, -0.2) is 40.2 Å². The van der Waals surface area contributed by atoms with Crippen LogP contribution in [0.25, 0.3) is 5.65 Å². The lowest BCUT2D eigenvalue weighted by Gasteiger charge is -2.11. The zero-order valence-electron chi connectivity index (χ0n) is 11.7. The molecule has 20 heavy (non-hydrogen) atoms. The van der Waals surface area contributed by atoms with Crippen molar-refractivity contribution in [1.29, 1.82) is 0 Å². The van der Waals surface area contributed by atoms with E-state index in [0.717, 1.165) is 22.7 Å². The fourth-order valence-electron chi connectivity index (χ4n) is 2.27. The first-order valence-corrected chi connectivity index (χ1v) is 6.52. The number of carbonyl (C=O) groups excluding carboxylic acids is 1. The van der Waals surface area contributed by atoms with Crippen molar-refractivity contribution in [2.45, 2.75) is 20.3 Å². The third-order valence-corrected chi connectivity index (χ3v) is 3.33. The van der Waals surface area contributed by atoms with Crippen LogP contribution in [0.2, 0.25) is 0 Å². The van der Waals surface area contributed by atoms with E-state index in [9.17, 15) is 4.79 Å². The number of ether oxygens (including phenoxy) is 1. The highest BCUT2D eigenvalue weighted by molar-refractivity contribution is 5.94. The normalized spacial score (nSPS) is 11.2. The van der Waals surface area contributed by atoms with E-state index in [0.29, 0.717) is 18.6 Å². The van der Waals surface area contributed by atoms with Gasteiger partial charge in [0, 0.05) is 17.8 Å². The van der Waals surface area contributed by atoms with Crippen LogP contribution in [-0.2, 0) is 11.2 Å². The van der Waals surface area contributed by atoms with Gasteiger partial charge in [-0.3, -0.25) is 4.79 Å². The molecule has 0 aromatic carbocycles. The highest BCUT2D eigenvalue weighted by Crippen LogP contribution is 2.18. The molecular formula is C14H19N3O3. The van der Waals surface area contributed by atoms with Crippen molar-refractivity contribution >= 4 is 11.6 Å². The van der Waals surface area contributed by atoms with Crippen LogP contribution < -0.4 is 5.73 Å². The van der Waals surface area contributed by atoms with Gasteiger partial charge in [-0.25, -0.2) is 4.98 Å². The Bertz CT molecular complexity index is 634. The molecule has 0 saturated carbocycles. The Morgan fingerprint density at radius 1 is 1.40 bits per heavy atom. The number of pyridine rings is 1. The topological polar surface area (TPSA) is 89.8 Å². The summed E-state index contributed by atoms with van der Waals surface area (Å²) in [6.07, 6.45) is 0.534. The van der Waals surface area contributed by atoms with Crippen molar-refractivity contribution < 1.29 is 14.6 Å². The third-order valence-electron chi connectivity index (χ3n) is 3.33. The largest absolute Gasteiger partial charge is 0.394 e. The average molecular weight is 277 g/mol. The maximum atomic E-state index is 11.6. The van der Waals surface area contributed by atoms with Gasteiger partial charge in [0.25, 0.3) is 0 Å². The number of imidazole rings is 1. The highest BCUT2D eigenvalue weighted by Gasteiger charge is 2.15. The molecule has 108 valence electrons. The quantitative estimate of drug-likeness (QED) is 0.757. The number of amides is 1. The smallest absolute Gasteiger partial charge is 0.250 e. The van der Waals surface area contributed by atoms with Crippen molar-refractivity contribution in [3.05, 3.63) is 34.8 Å². The van der Waals surface area contributed by atoms with Gasteiger partial charge in [0.1, 0.15) is 5.65 Å². The van der Waals surface area contributed by atoms with Gasteiger partial charge in [-0.05, 0) is 26.0 Å². The van der Waals surface area contributed by atoms with E-state index in [2.05, 4.69) is 4.98 Å². The molecule has 0 aliphatic heterocycles. The molecule has 1 amide bonds. The van der Waals surface area contributed by atoms with Gasteiger partial charge in [0.15, 0.2) is 0 Å². The Morgan fingerprint density at radius 3 is 2.80 bits per heavy atom. The SMILES string of the molecule is Cc1nc2ccc(C(N)=O)c(CCOCCO)n2c1C. The number of hydrogen-bond acceptors (Lipinski definition) is 4. The van der Waals surface area contributed by atoms with Crippen LogP contribution in [0.15, 0.2) is 12.1 Å². The zero-order chi connectivity index (χ0) is 14.7. The monoisotopic (exact) mass is 277 g/mol. The molecule has 0 atom stereocenters. The third kappa shape index (κ3) is 2.66. The van der Waals surface area contributed by atoms with Gasteiger partial charge in [0.05, 0.1) is 31.1 Å². The molecule has 2 rings (SSSR count). The summed E-state index contributed by atoms with van der Waals surface area (Å²) >= 11 is 0. The number of aromatic nitrogens is 2. The Labute approximate surface area is 117 Å². The number of carbonyl (C=O) groups is 1. The zero-order valence-corrected chi connectivity index (χ0v) is 11.7. The minimum atomic E-state index is -0.463. The summed E-state index contributed by atoms with van der Waals surface area (Å²) in [7, 11) is 0. The average Bonchev–Trinajstić information content (AvgIpc) is 2.70. The number of aryl methyl sites for hydroxylation is 2. The second-order valence-corrected chi connectivity index (χ2v) is 4.62. The standard InChI is InChI=1S/C14H19N3O3/c1-9-10(2)17-12(5-7-20-8-6-18)11(14(15)19)3-4-13(17)16-9/h3-4,18H,5-8H2,1-2H3,(H2,15,19). The van der Waals surface area contributed by atoms with Gasteiger partial charge < -0.3 is 20.0 Å². The molecule has 6 nitrogen and oxygen atoms in total. The van der Waals surface area contributed by atoms with E-state index in [1.165, 1.54) is 0 Å². The van der Waals surface area contributed by atoms with E-state index in [1.54, 1.807) is 12.1 Å². The van der Waals surface area contributed by atoms with E-state index < -0.39 is 5.91 Å². The first-order chi connectivity index (χ1) is 9.56. The van der Waals surface area contributed by atoms with Gasteiger partial charge >= 0.3 is 0 Å². The molecule has 3 N–H and O–H groups in total. The van der Waals surface area contributed by atoms with Crippen molar-refractivity contribution in [1.82, 2.24) is 9.38 Å². The molecule has 0 fully saturated rings. The molecule has 0 radical (unpaired) electrons. The number of nitrogens with zero attached hydrogens (tertiary/aromatic N) is 2. The number of hydrogen-bond donors (Lipinski definition) is 2. The van der Waals surface area contributed by atoms with E-state index in [1.807, 2.05) is 18.2 Å². The number of aliphatic hydroxyl groups excluding tert-OH is 1. The van der Waals surface area contributed by atoms with Crippen molar-refractivity contribution in [3.8, 4) is 0 Å². The summed E-state index contributed by atoms with van der Waals surface area (Å²) in [4.78, 5) is 16.0. The molecule has 0 aliphatic carbocycles. The first kappa shape index (κ1) is 14.5. The lowest BCUT2D eigenvalue weighted by atomic mass is 10.1. The fraction of sp³-hybridized carbons (Fsp3) is 0.429. The second kappa shape index (κ2) is 6.02. The molecule has 0 aliphatic rings. The van der Waals surface area contributed by atoms with Gasteiger partial charge in [-0.15, -0.1) is 0 Å². The predicted molar refractivity (Wildman–Crippen MR) is 74.8 cm³/mol. The molecule has 0 saturated heterocycles. The maximum Gasteiger partial charge on any atom is 0.250 e. The molecule has 0 unspecified atom stereocenters. The summed E-state index contributed by atoms with van der Waals surface area (Å²) < 4.78 is 7.22. The Kier molecular flexibility index (Phi) is 4.36. The van der Waals surface area contributed by atoms with E-state index in [-0.39, 0.29) is 13.2 Å². The number of primary amides is 1. The van der Waals surface area contributed by atoms with E-state index >= 15 is 0 Å². The van der Waals surface area contributed by atoms with Crippen LogP contribution in [0.1, 0.15) is 27.4 Å². The Balaban J connectivity index is 2.45.